The minimum atomic E-state index is -4.45. The molecule has 1 N–H and O–H groups in total. The van der Waals surface area contributed by atoms with E-state index in [0.29, 0.717) is 17.8 Å². The molecule has 8 heteroatoms. The van der Waals surface area contributed by atoms with Gasteiger partial charge in [0.05, 0.1) is 10.7 Å². The Hall–Kier alpha value is -2.09. The smallest absolute Gasteiger partial charge is 0.378 e. The molecule has 0 amide bonds. The predicted octanol–water partition coefficient (Wildman–Crippen LogP) is 5.35. The Kier molecular flexibility index (Phi) is 3.30. The van der Waals surface area contributed by atoms with Crippen LogP contribution in [0.5, 0.6) is 0 Å². The Balaban J connectivity index is 1.56. The molecule has 28 heavy (non-hydrogen) atoms. The Morgan fingerprint density at radius 1 is 1.21 bits per heavy atom. The van der Waals surface area contributed by atoms with Gasteiger partial charge in [0.15, 0.2) is 5.69 Å². The number of halogens is 3. The molecular weight excluding hydrogens is 385 g/mol. The summed E-state index contributed by atoms with van der Waals surface area (Å²) in [5, 5.41) is 8.44. The first kappa shape index (κ1) is 16.8. The fraction of sp³-hybridized carbons (Fsp3) is 0.500. The van der Waals surface area contributed by atoms with Gasteiger partial charge in [-0.15, -0.1) is 0 Å². The van der Waals surface area contributed by atoms with Crippen molar-refractivity contribution in [2.45, 2.75) is 37.4 Å². The van der Waals surface area contributed by atoms with Crippen LogP contribution >= 0.6 is 11.5 Å². The van der Waals surface area contributed by atoms with Gasteiger partial charge in [0, 0.05) is 36.1 Å². The van der Waals surface area contributed by atoms with Crippen molar-refractivity contribution in [3.63, 3.8) is 0 Å². The summed E-state index contributed by atoms with van der Waals surface area (Å²) in [7, 11) is 1.56. The zero-order chi connectivity index (χ0) is 19.2. The van der Waals surface area contributed by atoms with Crippen molar-refractivity contribution < 1.29 is 13.2 Å². The second-order valence-electron chi connectivity index (χ2n) is 8.43. The van der Waals surface area contributed by atoms with Crippen LogP contribution in [0.2, 0.25) is 0 Å². The maximum atomic E-state index is 13.7. The maximum absolute atomic E-state index is 13.7. The molecule has 3 heterocycles. The van der Waals surface area contributed by atoms with Crippen LogP contribution in [0.3, 0.4) is 0 Å². The molecule has 5 atom stereocenters. The molecule has 146 valence electrons. The predicted molar refractivity (Wildman–Crippen MR) is 101 cm³/mol. The molecule has 2 saturated carbocycles. The molecule has 0 spiro atoms. The standard InChI is InChI=1S/C20H19F3N4S/c1-27-8-12(19(26-27)20(21,22)23)18-16-10-3-2-9(6-10)15(16)17-11-7-24-28-14(11)5-4-13(17)25-18/h4-5,7-10,15-16,18,25H,2-3,6H2,1H3/t9-,10-,15+,16-,18+/m1/s1. The first-order valence-corrected chi connectivity index (χ1v) is 10.4. The summed E-state index contributed by atoms with van der Waals surface area (Å²) in [5.41, 5.74) is 1.77. The molecule has 2 aromatic heterocycles. The van der Waals surface area contributed by atoms with E-state index in [1.54, 1.807) is 13.2 Å². The summed E-state index contributed by atoms with van der Waals surface area (Å²) < 4.78 is 47.9. The summed E-state index contributed by atoms with van der Waals surface area (Å²) in [6, 6.07) is 3.69. The lowest BCUT2D eigenvalue weighted by Crippen LogP contribution is -2.36. The Bertz CT molecular complexity index is 1080. The van der Waals surface area contributed by atoms with Gasteiger partial charge in [-0.3, -0.25) is 4.68 Å². The third-order valence-electron chi connectivity index (χ3n) is 7.05. The second kappa shape index (κ2) is 5.49. The zero-order valence-corrected chi connectivity index (χ0v) is 16.0. The van der Waals surface area contributed by atoms with E-state index >= 15 is 0 Å². The normalized spacial score (nSPS) is 31.1. The number of hydrogen-bond acceptors (Lipinski definition) is 4. The summed E-state index contributed by atoms with van der Waals surface area (Å²) in [5.74, 6) is 1.47. The number of nitrogens with one attached hydrogen (secondary N) is 1. The summed E-state index contributed by atoms with van der Waals surface area (Å²) in [4.78, 5) is 0. The van der Waals surface area contributed by atoms with E-state index in [0.717, 1.165) is 23.2 Å². The van der Waals surface area contributed by atoms with Crippen molar-refractivity contribution in [1.82, 2.24) is 14.2 Å². The summed E-state index contributed by atoms with van der Waals surface area (Å²) in [6.45, 7) is 0. The number of aromatic nitrogens is 3. The molecule has 4 nitrogen and oxygen atoms in total. The number of rotatable bonds is 1. The summed E-state index contributed by atoms with van der Waals surface area (Å²) in [6.07, 6.45) is 2.42. The highest BCUT2D eigenvalue weighted by Gasteiger charge is 2.55. The SMILES string of the molecule is Cn1cc([C@@H]2Nc3ccc4sncc4c3[C@H]3[C@@H]4CC[C@H](C4)[C@H]32)c(C(F)(F)F)n1. The molecule has 1 aromatic carbocycles. The molecule has 2 fully saturated rings. The average molecular weight is 404 g/mol. The van der Waals surface area contributed by atoms with Gasteiger partial charge in [-0.1, -0.05) is 0 Å². The number of anilines is 1. The lowest BCUT2D eigenvalue weighted by Gasteiger charge is -2.43. The van der Waals surface area contributed by atoms with Crippen LogP contribution in [0, 0.1) is 17.8 Å². The van der Waals surface area contributed by atoms with Gasteiger partial charge in [-0.2, -0.15) is 22.6 Å². The van der Waals surface area contributed by atoms with Crippen molar-refractivity contribution in [3.05, 3.63) is 41.3 Å². The fourth-order valence-electron chi connectivity index (χ4n) is 6.20. The molecule has 6 rings (SSSR count). The van der Waals surface area contributed by atoms with Gasteiger partial charge < -0.3 is 5.32 Å². The van der Waals surface area contributed by atoms with Crippen LogP contribution in [-0.2, 0) is 13.2 Å². The molecular formula is C20H19F3N4S. The van der Waals surface area contributed by atoms with E-state index in [-0.39, 0.29) is 17.5 Å². The highest BCUT2D eigenvalue weighted by atomic mass is 32.1. The van der Waals surface area contributed by atoms with Gasteiger partial charge in [0.2, 0.25) is 0 Å². The third-order valence-corrected chi connectivity index (χ3v) is 7.81. The summed E-state index contributed by atoms with van der Waals surface area (Å²) >= 11 is 1.48. The molecule has 0 unspecified atom stereocenters. The quantitative estimate of drug-likeness (QED) is 0.595. The topological polar surface area (TPSA) is 42.7 Å². The number of alkyl halides is 3. The minimum Gasteiger partial charge on any atom is -0.378 e. The van der Waals surface area contributed by atoms with Gasteiger partial charge >= 0.3 is 6.18 Å². The minimum absolute atomic E-state index is 0.169. The van der Waals surface area contributed by atoms with E-state index in [1.165, 1.54) is 33.6 Å². The molecule has 2 bridgehead atoms. The molecule has 2 aliphatic carbocycles. The van der Waals surface area contributed by atoms with E-state index in [4.69, 9.17) is 0 Å². The van der Waals surface area contributed by atoms with Crippen molar-refractivity contribution in [2.24, 2.45) is 24.8 Å². The van der Waals surface area contributed by atoms with Crippen molar-refractivity contribution in [1.29, 1.82) is 0 Å². The Morgan fingerprint density at radius 2 is 2.04 bits per heavy atom. The highest BCUT2D eigenvalue weighted by molar-refractivity contribution is 7.13. The Morgan fingerprint density at radius 3 is 2.86 bits per heavy atom. The van der Waals surface area contributed by atoms with Gasteiger partial charge in [-0.05, 0) is 72.2 Å². The zero-order valence-electron chi connectivity index (χ0n) is 15.2. The number of fused-ring (bicyclic) bond motifs is 9. The van der Waals surface area contributed by atoms with Gasteiger partial charge in [0.1, 0.15) is 0 Å². The average Bonchev–Trinajstić information content (AvgIpc) is 3.42. The van der Waals surface area contributed by atoms with E-state index < -0.39 is 11.9 Å². The number of hydrogen-bond donors (Lipinski definition) is 1. The lowest BCUT2D eigenvalue weighted by molar-refractivity contribution is -0.142. The monoisotopic (exact) mass is 404 g/mol. The molecule has 1 aliphatic heterocycles. The van der Waals surface area contributed by atoms with Crippen molar-refractivity contribution in [3.8, 4) is 0 Å². The van der Waals surface area contributed by atoms with Crippen LogP contribution in [0.15, 0.2) is 24.5 Å². The molecule has 0 radical (unpaired) electrons. The van der Waals surface area contributed by atoms with Crippen molar-refractivity contribution >= 4 is 27.3 Å². The van der Waals surface area contributed by atoms with Crippen LogP contribution < -0.4 is 5.32 Å². The van der Waals surface area contributed by atoms with Crippen LogP contribution in [0.1, 0.15) is 48.0 Å². The fourth-order valence-corrected chi connectivity index (χ4v) is 6.86. The molecule has 3 aliphatic rings. The van der Waals surface area contributed by atoms with E-state index in [9.17, 15) is 13.2 Å². The first-order valence-electron chi connectivity index (χ1n) is 9.66. The second-order valence-corrected chi connectivity index (χ2v) is 9.26. The maximum Gasteiger partial charge on any atom is 0.435 e. The highest BCUT2D eigenvalue weighted by Crippen LogP contribution is 2.65. The number of aryl methyl sites for hydroxylation is 1. The Labute approximate surface area is 163 Å². The molecule has 3 aromatic rings. The largest absolute Gasteiger partial charge is 0.435 e. The van der Waals surface area contributed by atoms with E-state index in [1.807, 2.05) is 18.3 Å². The van der Waals surface area contributed by atoms with Crippen LogP contribution in [0.4, 0.5) is 18.9 Å². The van der Waals surface area contributed by atoms with Gasteiger partial charge in [-0.25, -0.2) is 0 Å². The molecule has 0 saturated heterocycles. The van der Waals surface area contributed by atoms with Crippen LogP contribution in [0.25, 0.3) is 10.1 Å². The number of benzene rings is 1. The first-order chi connectivity index (χ1) is 13.4. The van der Waals surface area contributed by atoms with Crippen molar-refractivity contribution in [2.75, 3.05) is 5.32 Å². The van der Waals surface area contributed by atoms with Crippen LogP contribution in [-0.4, -0.2) is 14.2 Å². The lowest BCUT2D eigenvalue weighted by atomic mass is 9.67. The number of nitrogens with zero attached hydrogens (tertiary/aromatic N) is 3. The van der Waals surface area contributed by atoms with E-state index in [2.05, 4.69) is 14.8 Å². The third kappa shape index (κ3) is 2.18. The van der Waals surface area contributed by atoms with Gasteiger partial charge in [0.25, 0.3) is 0 Å².